The predicted octanol–water partition coefficient (Wildman–Crippen LogP) is 3.90. The van der Waals surface area contributed by atoms with Crippen LogP contribution in [0.3, 0.4) is 0 Å². The average Bonchev–Trinajstić information content (AvgIpc) is 2.63. The lowest BCUT2D eigenvalue weighted by Gasteiger charge is -2.33. The topological polar surface area (TPSA) is 55.4 Å². The van der Waals surface area contributed by atoms with Crippen LogP contribution in [0.15, 0.2) is 54.6 Å². The molecule has 0 unspecified atom stereocenters. The van der Waals surface area contributed by atoms with Crippen molar-refractivity contribution < 1.29 is 13.2 Å². The quantitative estimate of drug-likeness (QED) is 0.881. The first kappa shape index (κ1) is 18.1. The SMILES string of the molecule is CC(C)S(=O)(=O)N[C@@H]1CCCO[C@H]1c1ccc(-c2ccccc2)cc1. The maximum atomic E-state index is 12.2. The van der Waals surface area contributed by atoms with Crippen LogP contribution < -0.4 is 4.72 Å². The third-order valence-electron chi connectivity index (χ3n) is 4.60. The molecule has 0 aliphatic carbocycles. The summed E-state index contributed by atoms with van der Waals surface area (Å²) in [5.41, 5.74) is 3.31. The number of sulfonamides is 1. The van der Waals surface area contributed by atoms with Gasteiger partial charge in [0.25, 0.3) is 0 Å². The molecule has 134 valence electrons. The van der Waals surface area contributed by atoms with Gasteiger partial charge in [-0.05, 0) is 43.4 Å². The highest BCUT2D eigenvalue weighted by atomic mass is 32.2. The van der Waals surface area contributed by atoms with Crippen LogP contribution in [0.1, 0.15) is 38.4 Å². The highest BCUT2D eigenvalue weighted by molar-refractivity contribution is 7.90. The van der Waals surface area contributed by atoms with Crippen LogP contribution in [0.5, 0.6) is 0 Å². The zero-order chi connectivity index (χ0) is 17.9. The lowest BCUT2D eigenvalue weighted by Crippen LogP contribution is -2.45. The van der Waals surface area contributed by atoms with E-state index in [0.717, 1.165) is 29.5 Å². The summed E-state index contributed by atoms with van der Waals surface area (Å²) in [6.45, 7) is 4.04. The smallest absolute Gasteiger partial charge is 0.214 e. The van der Waals surface area contributed by atoms with E-state index in [4.69, 9.17) is 4.74 Å². The van der Waals surface area contributed by atoms with Gasteiger partial charge in [-0.3, -0.25) is 0 Å². The lowest BCUT2D eigenvalue weighted by atomic mass is 9.95. The molecule has 1 fully saturated rings. The van der Waals surface area contributed by atoms with Gasteiger partial charge >= 0.3 is 0 Å². The molecule has 3 rings (SSSR count). The first-order valence-corrected chi connectivity index (χ1v) is 10.3. The number of nitrogens with one attached hydrogen (secondary N) is 1. The van der Waals surface area contributed by atoms with Gasteiger partial charge in [0, 0.05) is 6.61 Å². The Morgan fingerprint density at radius 2 is 1.64 bits per heavy atom. The fraction of sp³-hybridized carbons (Fsp3) is 0.400. The fourth-order valence-corrected chi connectivity index (χ4v) is 4.01. The second-order valence-corrected chi connectivity index (χ2v) is 9.01. The molecule has 0 amide bonds. The van der Waals surface area contributed by atoms with Crippen molar-refractivity contribution in [3.05, 3.63) is 60.2 Å². The van der Waals surface area contributed by atoms with Crippen LogP contribution in [0.2, 0.25) is 0 Å². The molecular weight excluding hydrogens is 334 g/mol. The molecule has 0 aromatic heterocycles. The van der Waals surface area contributed by atoms with Crippen LogP contribution in [-0.4, -0.2) is 26.3 Å². The van der Waals surface area contributed by atoms with Gasteiger partial charge in [-0.1, -0.05) is 54.6 Å². The number of ether oxygens (including phenoxy) is 1. The second-order valence-electron chi connectivity index (χ2n) is 6.74. The third-order valence-corrected chi connectivity index (χ3v) is 6.48. The van der Waals surface area contributed by atoms with Crippen molar-refractivity contribution in [1.82, 2.24) is 4.72 Å². The van der Waals surface area contributed by atoms with E-state index in [1.54, 1.807) is 13.8 Å². The van der Waals surface area contributed by atoms with Crippen molar-refractivity contribution in [3.63, 3.8) is 0 Å². The maximum absolute atomic E-state index is 12.2. The maximum Gasteiger partial charge on any atom is 0.214 e. The van der Waals surface area contributed by atoms with E-state index >= 15 is 0 Å². The molecule has 1 saturated heterocycles. The van der Waals surface area contributed by atoms with Crippen molar-refractivity contribution in [2.24, 2.45) is 0 Å². The van der Waals surface area contributed by atoms with E-state index in [1.165, 1.54) is 0 Å². The van der Waals surface area contributed by atoms with Gasteiger partial charge in [0.1, 0.15) is 0 Å². The number of hydrogen-bond acceptors (Lipinski definition) is 3. The van der Waals surface area contributed by atoms with Gasteiger partial charge in [-0.2, -0.15) is 0 Å². The molecule has 25 heavy (non-hydrogen) atoms. The van der Waals surface area contributed by atoms with E-state index < -0.39 is 15.3 Å². The number of rotatable bonds is 5. The predicted molar refractivity (Wildman–Crippen MR) is 101 cm³/mol. The normalized spacial score (nSPS) is 21.4. The highest BCUT2D eigenvalue weighted by Crippen LogP contribution is 2.31. The molecule has 1 aliphatic heterocycles. The summed E-state index contributed by atoms with van der Waals surface area (Å²) >= 11 is 0. The Labute approximate surface area is 150 Å². The van der Waals surface area contributed by atoms with E-state index in [0.29, 0.717) is 6.61 Å². The molecule has 4 nitrogen and oxygen atoms in total. The van der Waals surface area contributed by atoms with Crippen LogP contribution in [0.4, 0.5) is 0 Å². The summed E-state index contributed by atoms with van der Waals surface area (Å²) in [6, 6.07) is 18.2. The zero-order valence-electron chi connectivity index (χ0n) is 14.7. The molecule has 0 radical (unpaired) electrons. The van der Waals surface area contributed by atoms with Gasteiger partial charge in [0.15, 0.2) is 0 Å². The van der Waals surface area contributed by atoms with Crippen LogP contribution in [0.25, 0.3) is 11.1 Å². The second kappa shape index (κ2) is 7.68. The van der Waals surface area contributed by atoms with E-state index in [2.05, 4.69) is 29.0 Å². The summed E-state index contributed by atoms with van der Waals surface area (Å²) in [5.74, 6) is 0. The van der Waals surface area contributed by atoms with Gasteiger partial charge in [-0.25, -0.2) is 13.1 Å². The van der Waals surface area contributed by atoms with Crippen molar-refractivity contribution in [1.29, 1.82) is 0 Å². The Hall–Kier alpha value is -1.69. The standard InChI is InChI=1S/C20H25NO3S/c1-15(2)25(22,23)21-19-9-6-14-24-20(19)18-12-10-17(11-13-18)16-7-4-3-5-8-16/h3-5,7-8,10-13,15,19-21H,6,9,14H2,1-2H3/t19-,20+/m1/s1. The molecule has 0 saturated carbocycles. The summed E-state index contributed by atoms with van der Waals surface area (Å²) < 4.78 is 33.3. The molecule has 1 N–H and O–H groups in total. The Balaban J connectivity index is 1.81. The fourth-order valence-electron chi connectivity index (χ4n) is 3.07. The van der Waals surface area contributed by atoms with E-state index in [-0.39, 0.29) is 12.1 Å². The van der Waals surface area contributed by atoms with Crippen molar-refractivity contribution >= 4 is 10.0 Å². The molecule has 2 aromatic rings. The van der Waals surface area contributed by atoms with Crippen molar-refractivity contribution in [3.8, 4) is 11.1 Å². The molecule has 2 atom stereocenters. The largest absolute Gasteiger partial charge is 0.372 e. The third kappa shape index (κ3) is 4.29. The minimum absolute atomic E-state index is 0.219. The highest BCUT2D eigenvalue weighted by Gasteiger charge is 2.31. The summed E-state index contributed by atoms with van der Waals surface area (Å²) in [4.78, 5) is 0. The average molecular weight is 359 g/mol. The van der Waals surface area contributed by atoms with Gasteiger partial charge in [0.2, 0.25) is 10.0 Å². The Morgan fingerprint density at radius 3 is 2.28 bits per heavy atom. The van der Waals surface area contributed by atoms with Gasteiger partial charge < -0.3 is 4.74 Å². The Bertz CT molecular complexity index is 785. The van der Waals surface area contributed by atoms with E-state index in [9.17, 15) is 8.42 Å². The van der Waals surface area contributed by atoms with Crippen LogP contribution >= 0.6 is 0 Å². The molecule has 5 heteroatoms. The molecular formula is C20H25NO3S. The lowest BCUT2D eigenvalue weighted by molar-refractivity contribution is -0.00446. The Morgan fingerprint density at radius 1 is 1.00 bits per heavy atom. The van der Waals surface area contributed by atoms with Gasteiger partial charge in [-0.15, -0.1) is 0 Å². The van der Waals surface area contributed by atoms with Crippen molar-refractivity contribution in [2.75, 3.05) is 6.61 Å². The summed E-state index contributed by atoms with van der Waals surface area (Å²) in [7, 11) is -3.32. The number of hydrogen-bond donors (Lipinski definition) is 1. The first-order chi connectivity index (χ1) is 12.0. The number of benzene rings is 2. The minimum Gasteiger partial charge on any atom is -0.372 e. The van der Waals surface area contributed by atoms with E-state index in [1.807, 2.05) is 30.3 Å². The monoisotopic (exact) mass is 359 g/mol. The molecule has 0 spiro atoms. The molecule has 0 bridgehead atoms. The molecule has 2 aromatic carbocycles. The van der Waals surface area contributed by atoms with Crippen LogP contribution in [-0.2, 0) is 14.8 Å². The summed E-state index contributed by atoms with van der Waals surface area (Å²) in [6.07, 6.45) is 1.41. The van der Waals surface area contributed by atoms with Crippen LogP contribution in [0, 0.1) is 0 Å². The zero-order valence-corrected chi connectivity index (χ0v) is 15.5. The Kier molecular flexibility index (Phi) is 5.57. The van der Waals surface area contributed by atoms with Crippen molar-refractivity contribution in [2.45, 2.75) is 44.1 Å². The first-order valence-electron chi connectivity index (χ1n) is 8.75. The summed E-state index contributed by atoms with van der Waals surface area (Å²) in [5, 5.41) is -0.449. The van der Waals surface area contributed by atoms with Gasteiger partial charge in [0.05, 0.1) is 17.4 Å². The molecule has 1 aliphatic rings. The molecule has 1 heterocycles. The minimum atomic E-state index is -3.32.